The van der Waals surface area contributed by atoms with Gasteiger partial charge in [-0.25, -0.2) is 0 Å². The molecule has 0 saturated heterocycles. The van der Waals surface area contributed by atoms with Crippen molar-refractivity contribution in [2.75, 3.05) is 0 Å². The van der Waals surface area contributed by atoms with Crippen LogP contribution in [0.4, 0.5) is 0 Å². The van der Waals surface area contributed by atoms with Gasteiger partial charge < -0.3 is 5.32 Å². The monoisotopic (exact) mass is 252 g/mol. The molecule has 0 aliphatic heterocycles. The maximum atomic E-state index is 4.55. The Morgan fingerprint density at radius 3 is 2.89 bits per heavy atom. The molecule has 2 N–H and O–H groups in total. The predicted molar refractivity (Wildman–Crippen MR) is 75.6 cm³/mol. The number of hydrogen-bond acceptors (Lipinski definition) is 3. The van der Waals surface area contributed by atoms with Gasteiger partial charge in [-0.3, -0.25) is 10.1 Å². The van der Waals surface area contributed by atoms with Crippen molar-refractivity contribution in [3.8, 4) is 0 Å². The molecular weight excluding hydrogens is 236 g/mol. The highest BCUT2D eigenvalue weighted by atomic mass is 15.1. The highest BCUT2D eigenvalue weighted by Crippen LogP contribution is 2.17. The normalized spacial score (nSPS) is 11.0. The van der Waals surface area contributed by atoms with E-state index in [1.807, 2.05) is 19.1 Å². The summed E-state index contributed by atoms with van der Waals surface area (Å²) in [6.45, 7) is 3.64. The lowest BCUT2D eigenvalue weighted by Crippen LogP contribution is -2.13. The molecule has 0 fully saturated rings. The van der Waals surface area contributed by atoms with Crippen molar-refractivity contribution in [1.82, 2.24) is 20.5 Å². The first-order valence-electron chi connectivity index (χ1n) is 6.37. The van der Waals surface area contributed by atoms with E-state index in [2.05, 4.69) is 44.8 Å². The van der Waals surface area contributed by atoms with E-state index in [0.717, 1.165) is 30.0 Å². The van der Waals surface area contributed by atoms with Crippen molar-refractivity contribution in [2.45, 2.75) is 20.0 Å². The van der Waals surface area contributed by atoms with Gasteiger partial charge in [0.1, 0.15) is 0 Å². The highest BCUT2D eigenvalue weighted by molar-refractivity contribution is 5.82. The molecule has 0 atom stereocenters. The molecule has 3 aromatic rings. The molecule has 2 aromatic heterocycles. The van der Waals surface area contributed by atoms with Crippen molar-refractivity contribution in [2.24, 2.45) is 0 Å². The summed E-state index contributed by atoms with van der Waals surface area (Å²) in [5.74, 6) is 0. The van der Waals surface area contributed by atoms with Crippen LogP contribution in [0.2, 0.25) is 0 Å². The minimum Gasteiger partial charge on any atom is -0.307 e. The van der Waals surface area contributed by atoms with Gasteiger partial charge in [0.25, 0.3) is 0 Å². The van der Waals surface area contributed by atoms with Gasteiger partial charge in [0.05, 0.1) is 5.52 Å². The van der Waals surface area contributed by atoms with E-state index in [1.54, 1.807) is 6.20 Å². The van der Waals surface area contributed by atoms with Crippen LogP contribution in [0.3, 0.4) is 0 Å². The van der Waals surface area contributed by atoms with Crippen LogP contribution in [-0.4, -0.2) is 15.2 Å². The van der Waals surface area contributed by atoms with Gasteiger partial charge in [0.15, 0.2) is 0 Å². The number of para-hydroxylation sites is 1. The zero-order valence-corrected chi connectivity index (χ0v) is 10.9. The smallest absolute Gasteiger partial charge is 0.0708 e. The lowest BCUT2D eigenvalue weighted by atomic mass is 10.1. The zero-order valence-electron chi connectivity index (χ0n) is 10.9. The number of aromatic amines is 1. The SMILES string of the molecule is Cc1cc(CNCc2ccn[nH]2)c2ccccc2n1. The van der Waals surface area contributed by atoms with Crippen molar-refractivity contribution < 1.29 is 0 Å². The number of rotatable bonds is 4. The van der Waals surface area contributed by atoms with E-state index in [0.29, 0.717) is 0 Å². The van der Waals surface area contributed by atoms with Crippen molar-refractivity contribution in [3.05, 3.63) is 59.5 Å². The first kappa shape index (κ1) is 11.9. The number of hydrogen-bond donors (Lipinski definition) is 2. The number of fused-ring (bicyclic) bond motifs is 1. The molecule has 0 bridgehead atoms. The number of H-pyrrole nitrogens is 1. The van der Waals surface area contributed by atoms with E-state index >= 15 is 0 Å². The summed E-state index contributed by atoms with van der Waals surface area (Å²) in [6, 6.07) is 12.4. The number of nitrogens with zero attached hydrogens (tertiary/aromatic N) is 2. The number of pyridine rings is 1. The Hall–Kier alpha value is -2.20. The van der Waals surface area contributed by atoms with E-state index in [1.165, 1.54) is 10.9 Å². The fourth-order valence-electron chi connectivity index (χ4n) is 2.26. The first-order chi connectivity index (χ1) is 9.33. The van der Waals surface area contributed by atoms with Crippen LogP contribution in [0.15, 0.2) is 42.6 Å². The summed E-state index contributed by atoms with van der Waals surface area (Å²) in [4.78, 5) is 4.55. The molecule has 0 radical (unpaired) electrons. The topological polar surface area (TPSA) is 53.6 Å². The van der Waals surface area contributed by atoms with Crippen molar-refractivity contribution in [1.29, 1.82) is 0 Å². The van der Waals surface area contributed by atoms with E-state index in [-0.39, 0.29) is 0 Å². The number of aromatic nitrogens is 3. The Bertz CT molecular complexity index is 674. The minimum absolute atomic E-state index is 0.787. The minimum atomic E-state index is 0.787. The fourth-order valence-corrected chi connectivity index (χ4v) is 2.26. The molecule has 0 amide bonds. The third kappa shape index (κ3) is 2.63. The van der Waals surface area contributed by atoms with Crippen LogP contribution >= 0.6 is 0 Å². The molecule has 1 aromatic carbocycles. The van der Waals surface area contributed by atoms with Crippen LogP contribution in [0, 0.1) is 6.92 Å². The lowest BCUT2D eigenvalue weighted by molar-refractivity contribution is 0.679. The lowest BCUT2D eigenvalue weighted by Gasteiger charge is -2.08. The van der Waals surface area contributed by atoms with Gasteiger partial charge >= 0.3 is 0 Å². The Kier molecular flexibility index (Phi) is 3.25. The van der Waals surface area contributed by atoms with E-state index < -0.39 is 0 Å². The molecule has 3 rings (SSSR count). The third-order valence-corrected chi connectivity index (χ3v) is 3.12. The second-order valence-corrected chi connectivity index (χ2v) is 4.63. The second kappa shape index (κ2) is 5.20. The maximum absolute atomic E-state index is 4.55. The first-order valence-corrected chi connectivity index (χ1v) is 6.37. The molecular formula is C15H16N4. The van der Waals surface area contributed by atoms with Crippen LogP contribution in [-0.2, 0) is 13.1 Å². The summed E-state index contributed by atoms with van der Waals surface area (Å²) < 4.78 is 0. The van der Waals surface area contributed by atoms with Gasteiger partial charge in [0, 0.05) is 36.1 Å². The molecule has 0 unspecified atom stereocenters. The van der Waals surface area contributed by atoms with Crippen LogP contribution in [0.5, 0.6) is 0 Å². The van der Waals surface area contributed by atoms with Gasteiger partial charge in [-0.2, -0.15) is 5.10 Å². The standard InChI is InChI=1S/C15H16N4/c1-11-8-12(9-16-10-13-6-7-17-19-13)14-4-2-3-5-15(14)18-11/h2-8,16H,9-10H2,1H3,(H,17,19). The highest BCUT2D eigenvalue weighted by Gasteiger charge is 2.03. The summed E-state index contributed by atoms with van der Waals surface area (Å²) in [7, 11) is 0. The van der Waals surface area contributed by atoms with E-state index in [4.69, 9.17) is 0 Å². The largest absolute Gasteiger partial charge is 0.307 e. The van der Waals surface area contributed by atoms with E-state index in [9.17, 15) is 0 Å². The molecule has 0 aliphatic rings. The van der Waals surface area contributed by atoms with Crippen LogP contribution in [0.25, 0.3) is 10.9 Å². The van der Waals surface area contributed by atoms with Gasteiger partial charge in [-0.1, -0.05) is 18.2 Å². The average molecular weight is 252 g/mol. The average Bonchev–Trinajstić information content (AvgIpc) is 2.91. The van der Waals surface area contributed by atoms with Crippen molar-refractivity contribution in [3.63, 3.8) is 0 Å². The molecule has 96 valence electrons. The van der Waals surface area contributed by atoms with Crippen LogP contribution in [0.1, 0.15) is 17.0 Å². The Morgan fingerprint density at radius 2 is 2.05 bits per heavy atom. The number of nitrogens with one attached hydrogen (secondary N) is 2. The van der Waals surface area contributed by atoms with Gasteiger partial charge in [-0.15, -0.1) is 0 Å². The quantitative estimate of drug-likeness (QED) is 0.750. The Labute approximate surface area is 111 Å². The molecule has 19 heavy (non-hydrogen) atoms. The summed E-state index contributed by atoms with van der Waals surface area (Å²) in [6.07, 6.45) is 1.77. The Morgan fingerprint density at radius 1 is 1.16 bits per heavy atom. The molecule has 0 aliphatic carbocycles. The number of aryl methyl sites for hydroxylation is 1. The Balaban J connectivity index is 1.80. The zero-order chi connectivity index (χ0) is 13.1. The van der Waals surface area contributed by atoms with Gasteiger partial charge in [0.2, 0.25) is 0 Å². The van der Waals surface area contributed by atoms with Crippen LogP contribution < -0.4 is 5.32 Å². The second-order valence-electron chi connectivity index (χ2n) is 4.63. The third-order valence-electron chi connectivity index (χ3n) is 3.12. The maximum Gasteiger partial charge on any atom is 0.0708 e. The fraction of sp³-hybridized carbons (Fsp3) is 0.200. The molecule has 4 heteroatoms. The molecule has 0 saturated carbocycles. The summed E-state index contributed by atoms with van der Waals surface area (Å²) in [5.41, 5.74) is 4.48. The number of benzene rings is 1. The molecule has 4 nitrogen and oxygen atoms in total. The molecule has 0 spiro atoms. The summed E-state index contributed by atoms with van der Waals surface area (Å²) in [5, 5.41) is 11.5. The van der Waals surface area contributed by atoms with Gasteiger partial charge in [-0.05, 0) is 30.7 Å². The predicted octanol–water partition coefficient (Wildman–Crippen LogP) is 2.56. The molecule has 2 heterocycles. The van der Waals surface area contributed by atoms with Crippen molar-refractivity contribution >= 4 is 10.9 Å². The summed E-state index contributed by atoms with van der Waals surface area (Å²) >= 11 is 0.